The third-order valence-electron chi connectivity index (χ3n) is 2.30. The number of imide groups is 1. The zero-order valence-electron chi connectivity index (χ0n) is 9.11. The van der Waals surface area contributed by atoms with Crippen LogP contribution in [0.2, 0.25) is 0 Å². The van der Waals surface area contributed by atoms with Gasteiger partial charge in [-0.25, -0.2) is 0 Å². The SMILES string of the molecule is O=C1C=CCCN1C(=O)C=Cc1cccnn1. The molecule has 2 rings (SSSR count). The lowest BCUT2D eigenvalue weighted by atomic mass is 10.2. The van der Waals surface area contributed by atoms with Crippen molar-refractivity contribution in [1.29, 1.82) is 0 Å². The Morgan fingerprint density at radius 1 is 1.47 bits per heavy atom. The fourth-order valence-corrected chi connectivity index (χ4v) is 1.46. The molecule has 5 heteroatoms. The van der Waals surface area contributed by atoms with Crippen LogP contribution >= 0.6 is 0 Å². The van der Waals surface area contributed by atoms with Gasteiger partial charge < -0.3 is 0 Å². The number of nitrogens with zero attached hydrogens (tertiary/aromatic N) is 3. The Labute approximate surface area is 98.5 Å². The van der Waals surface area contributed by atoms with E-state index in [4.69, 9.17) is 0 Å². The minimum atomic E-state index is -0.329. The van der Waals surface area contributed by atoms with Crippen LogP contribution in [0.1, 0.15) is 12.1 Å². The van der Waals surface area contributed by atoms with Crippen molar-refractivity contribution < 1.29 is 9.59 Å². The van der Waals surface area contributed by atoms with Crippen molar-refractivity contribution in [1.82, 2.24) is 15.1 Å². The Morgan fingerprint density at radius 2 is 2.35 bits per heavy atom. The first kappa shape index (κ1) is 11.2. The molecule has 0 radical (unpaired) electrons. The van der Waals surface area contributed by atoms with Crippen LogP contribution in [0.5, 0.6) is 0 Å². The second-order valence-corrected chi connectivity index (χ2v) is 3.50. The molecule has 0 saturated heterocycles. The molecular weight excluding hydrogens is 218 g/mol. The van der Waals surface area contributed by atoms with Gasteiger partial charge in [0.05, 0.1) is 5.69 Å². The second-order valence-electron chi connectivity index (χ2n) is 3.50. The van der Waals surface area contributed by atoms with E-state index in [1.165, 1.54) is 17.1 Å². The van der Waals surface area contributed by atoms with Gasteiger partial charge in [-0.3, -0.25) is 14.5 Å². The van der Waals surface area contributed by atoms with Crippen LogP contribution in [0.25, 0.3) is 6.08 Å². The maximum Gasteiger partial charge on any atom is 0.253 e. The summed E-state index contributed by atoms with van der Waals surface area (Å²) in [6.45, 7) is 0.430. The third-order valence-corrected chi connectivity index (χ3v) is 2.30. The lowest BCUT2D eigenvalue weighted by Gasteiger charge is -2.19. The minimum Gasteiger partial charge on any atom is -0.275 e. The fraction of sp³-hybridized carbons (Fsp3) is 0.167. The Bertz CT molecular complexity index is 480. The van der Waals surface area contributed by atoms with E-state index in [1.807, 2.05) is 0 Å². The van der Waals surface area contributed by atoms with Crippen LogP contribution in [-0.4, -0.2) is 33.5 Å². The molecule has 0 saturated carbocycles. The highest BCUT2D eigenvalue weighted by Crippen LogP contribution is 2.05. The van der Waals surface area contributed by atoms with Crippen molar-refractivity contribution in [3.63, 3.8) is 0 Å². The van der Waals surface area contributed by atoms with Gasteiger partial charge in [-0.15, -0.1) is 0 Å². The second kappa shape index (κ2) is 5.16. The number of carbonyl (C=O) groups is 2. The van der Waals surface area contributed by atoms with Gasteiger partial charge in [0.25, 0.3) is 11.8 Å². The van der Waals surface area contributed by atoms with E-state index in [2.05, 4.69) is 10.2 Å². The number of rotatable bonds is 2. The molecular formula is C12H11N3O2. The molecule has 17 heavy (non-hydrogen) atoms. The van der Waals surface area contributed by atoms with Gasteiger partial charge in [-0.2, -0.15) is 10.2 Å². The topological polar surface area (TPSA) is 63.2 Å². The highest BCUT2D eigenvalue weighted by molar-refractivity contribution is 6.06. The van der Waals surface area contributed by atoms with E-state index in [1.54, 1.807) is 30.5 Å². The van der Waals surface area contributed by atoms with E-state index in [9.17, 15) is 9.59 Å². The van der Waals surface area contributed by atoms with Gasteiger partial charge in [0.1, 0.15) is 0 Å². The standard InChI is InChI=1S/C12H11N3O2/c16-11-5-1-2-9-15(11)12(17)7-6-10-4-3-8-13-14-10/h1,3-8H,2,9H2. The summed E-state index contributed by atoms with van der Waals surface area (Å²) >= 11 is 0. The molecule has 0 aromatic carbocycles. The lowest BCUT2D eigenvalue weighted by molar-refractivity contribution is -0.139. The van der Waals surface area contributed by atoms with Crippen molar-refractivity contribution in [3.8, 4) is 0 Å². The predicted molar refractivity (Wildman–Crippen MR) is 61.5 cm³/mol. The van der Waals surface area contributed by atoms with Gasteiger partial charge in [0.15, 0.2) is 0 Å². The van der Waals surface area contributed by atoms with E-state index in [-0.39, 0.29) is 11.8 Å². The summed E-state index contributed by atoms with van der Waals surface area (Å²) in [5, 5.41) is 7.49. The first-order valence-electron chi connectivity index (χ1n) is 5.25. The lowest BCUT2D eigenvalue weighted by Crippen LogP contribution is -2.37. The van der Waals surface area contributed by atoms with Crippen LogP contribution in [0, 0.1) is 0 Å². The average Bonchev–Trinajstić information content (AvgIpc) is 2.38. The molecule has 2 heterocycles. The molecule has 0 bridgehead atoms. The molecule has 0 N–H and O–H groups in total. The Hall–Kier alpha value is -2.30. The van der Waals surface area contributed by atoms with Crippen LogP contribution in [-0.2, 0) is 9.59 Å². The van der Waals surface area contributed by atoms with Crippen LogP contribution in [0.4, 0.5) is 0 Å². The normalized spacial score (nSPS) is 15.5. The van der Waals surface area contributed by atoms with Gasteiger partial charge in [0, 0.05) is 18.8 Å². The quantitative estimate of drug-likeness (QED) is 0.704. The first-order valence-corrected chi connectivity index (χ1v) is 5.25. The summed E-state index contributed by atoms with van der Waals surface area (Å²) in [4.78, 5) is 24.3. The van der Waals surface area contributed by atoms with E-state index < -0.39 is 0 Å². The van der Waals surface area contributed by atoms with E-state index in [0.29, 0.717) is 18.7 Å². The summed E-state index contributed by atoms with van der Waals surface area (Å²) < 4.78 is 0. The van der Waals surface area contributed by atoms with Crippen molar-refractivity contribution in [2.45, 2.75) is 6.42 Å². The van der Waals surface area contributed by atoms with Gasteiger partial charge in [-0.1, -0.05) is 6.08 Å². The Kier molecular flexibility index (Phi) is 3.40. The van der Waals surface area contributed by atoms with Crippen molar-refractivity contribution in [3.05, 3.63) is 42.3 Å². The Morgan fingerprint density at radius 3 is 3.06 bits per heavy atom. The maximum absolute atomic E-state index is 11.7. The Balaban J connectivity index is 2.04. The summed E-state index contributed by atoms with van der Waals surface area (Å²) in [5.41, 5.74) is 0.584. The minimum absolute atomic E-state index is 0.273. The summed E-state index contributed by atoms with van der Waals surface area (Å²) in [5.74, 6) is -0.602. The van der Waals surface area contributed by atoms with Gasteiger partial charge in [-0.05, 0) is 30.7 Å². The highest BCUT2D eigenvalue weighted by atomic mass is 16.2. The molecule has 2 amide bonds. The molecule has 0 unspecified atom stereocenters. The van der Waals surface area contributed by atoms with Gasteiger partial charge >= 0.3 is 0 Å². The molecule has 0 fully saturated rings. The number of amides is 2. The number of carbonyl (C=O) groups excluding carboxylic acids is 2. The van der Waals surface area contributed by atoms with Crippen molar-refractivity contribution in [2.24, 2.45) is 0 Å². The highest BCUT2D eigenvalue weighted by Gasteiger charge is 2.18. The zero-order valence-corrected chi connectivity index (χ0v) is 9.11. The van der Waals surface area contributed by atoms with Crippen LogP contribution in [0.15, 0.2) is 36.6 Å². The molecule has 1 aromatic rings. The predicted octanol–water partition coefficient (Wildman–Crippen LogP) is 0.805. The maximum atomic E-state index is 11.7. The fourth-order valence-electron chi connectivity index (χ4n) is 1.46. The largest absolute Gasteiger partial charge is 0.275 e. The summed E-state index contributed by atoms with van der Waals surface area (Å²) in [6.07, 6.45) is 8.31. The van der Waals surface area contributed by atoms with Gasteiger partial charge in [0.2, 0.25) is 0 Å². The van der Waals surface area contributed by atoms with Crippen LogP contribution < -0.4 is 0 Å². The molecule has 86 valence electrons. The molecule has 0 spiro atoms. The van der Waals surface area contributed by atoms with E-state index in [0.717, 1.165) is 0 Å². The number of aromatic nitrogens is 2. The summed E-state index contributed by atoms with van der Waals surface area (Å²) in [7, 11) is 0. The first-order chi connectivity index (χ1) is 8.27. The monoisotopic (exact) mass is 229 g/mol. The number of hydrogen-bond acceptors (Lipinski definition) is 4. The smallest absolute Gasteiger partial charge is 0.253 e. The molecule has 1 aromatic heterocycles. The molecule has 1 aliphatic heterocycles. The molecule has 0 aliphatic carbocycles. The van der Waals surface area contributed by atoms with Crippen molar-refractivity contribution in [2.75, 3.05) is 6.54 Å². The average molecular weight is 229 g/mol. The molecule has 5 nitrogen and oxygen atoms in total. The zero-order chi connectivity index (χ0) is 12.1. The third kappa shape index (κ3) is 2.84. The molecule has 1 aliphatic rings. The van der Waals surface area contributed by atoms with Crippen LogP contribution in [0.3, 0.4) is 0 Å². The number of hydrogen-bond donors (Lipinski definition) is 0. The van der Waals surface area contributed by atoms with E-state index >= 15 is 0 Å². The summed E-state index contributed by atoms with van der Waals surface area (Å²) in [6, 6.07) is 3.46. The molecule has 0 atom stereocenters. The van der Waals surface area contributed by atoms with Crippen molar-refractivity contribution >= 4 is 17.9 Å².